The number of aryl methyl sites for hydroxylation is 1. The van der Waals surface area contributed by atoms with Crippen LogP contribution in [0.4, 0.5) is 11.4 Å². The van der Waals surface area contributed by atoms with E-state index in [0.29, 0.717) is 22.6 Å². The van der Waals surface area contributed by atoms with Gasteiger partial charge in [0.25, 0.3) is 11.6 Å². The zero-order valence-electron chi connectivity index (χ0n) is 15.6. The van der Waals surface area contributed by atoms with E-state index in [1.54, 1.807) is 31.2 Å². The molecule has 3 aromatic rings. The lowest BCUT2D eigenvalue weighted by Gasteiger charge is -2.10. The largest absolute Gasteiger partial charge is 0.484 e. The van der Waals surface area contributed by atoms with Crippen molar-refractivity contribution in [3.63, 3.8) is 0 Å². The van der Waals surface area contributed by atoms with Crippen molar-refractivity contribution in [1.82, 2.24) is 0 Å². The number of anilines is 1. The molecule has 144 valence electrons. The first-order valence-corrected chi connectivity index (χ1v) is 8.74. The van der Waals surface area contributed by atoms with Crippen molar-refractivity contribution in [2.45, 2.75) is 6.92 Å². The summed E-state index contributed by atoms with van der Waals surface area (Å²) in [5.74, 6) is 0.177. The molecule has 0 heterocycles. The first-order valence-electron chi connectivity index (χ1n) is 8.74. The van der Waals surface area contributed by atoms with Crippen molar-refractivity contribution >= 4 is 17.3 Å². The molecule has 0 spiro atoms. The molecule has 0 fully saturated rings. The summed E-state index contributed by atoms with van der Waals surface area (Å²) in [6.45, 7) is 1.50. The van der Waals surface area contributed by atoms with Gasteiger partial charge in [-0.05, 0) is 53.9 Å². The molecule has 0 aromatic heterocycles. The van der Waals surface area contributed by atoms with Crippen molar-refractivity contribution in [3.8, 4) is 22.9 Å². The van der Waals surface area contributed by atoms with Gasteiger partial charge in [0.05, 0.1) is 16.6 Å². The fraction of sp³-hybridized carbons (Fsp3) is 0.0909. The second-order valence-corrected chi connectivity index (χ2v) is 6.31. The summed E-state index contributed by atoms with van der Waals surface area (Å²) >= 11 is 0. The van der Waals surface area contributed by atoms with E-state index in [0.717, 1.165) is 11.1 Å². The number of nitro groups is 1. The number of carbonyl (C=O) groups excluding carboxylic acids is 1. The number of ether oxygens (including phenoxy) is 1. The van der Waals surface area contributed by atoms with E-state index in [9.17, 15) is 14.9 Å². The fourth-order valence-electron chi connectivity index (χ4n) is 2.72. The number of amides is 1. The standard InChI is InChI=1S/C22H17N3O4/c1-15-12-19(25(27)28)8-11-21(15)24-22(26)14-29-20-9-6-18(7-10-20)17-4-2-16(13-23)3-5-17/h2-12H,14H2,1H3,(H,24,26). The number of carbonyl (C=O) groups is 1. The van der Waals surface area contributed by atoms with Crippen molar-refractivity contribution in [3.05, 3.63) is 88.0 Å². The van der Waals surface area contributed by atoms with Gasteiger partial charge >= 0.3 is 0 Å². The smallest absolute Gasteiger partial charge is 0.269 e. The first-order chi connectivity index (χ1) is 14.0. The van der Waals surface area contributed by atoms with Crippen molar-refractivity contribution < 1.29 is 14.5 Å². The number of hydrogen-bond acceptors (Lipinski definition) is 5. The molecule has 0 aliphatic rings. The Balaban J connectivity index is 1.57. The lowest BCUT2D eigenvalue weighted by Crippen LogP contribution is -2.20. The molecule has 3 rings (SSSR count). The lowest BCUT2D eigenvalue weighted by atomic mass is 10.0. The molecule has 0 radical (unpaired) electrons. The van der Waals surface area contributed by atoms with Crippen molar-refractivity contribution in [2.75, 3.05) is 11.9 Å². The normalized spacial score (nSPS) is 10.1. The molecule has 0 saturated heterocycles. The molecule has 7 heteroatoms. The molecular formula is C22H17N3O4. The van der Waals surface area contributed by atoms with Crippen molar-refractivity contribution in [2.24, 2.45) is 0 Å². The van der Waals surface area contributed by atoms with Gasteiger partial charge in [-0.25, -0.2) is 0 Å². The van der Waals surface area contributed by atoms with Gasteiger partial charge in [0.2, 0.25) is 0 Å². The van der Waals surface area contributed by atoms with Gasteiger partial charge in [-0.3, -0.25) is 14.9 Å². The third-order valence-corrected chi connectivity index (χ3v) is 4.27. The van der Waals surface area contributed by atoms with Gasteiger partial charge in [-0.15, -0.1) is 0 Å². The van der Waals surface area contributed by atoms with E-state index in [1.807, 2.05) is 24.3 Å². The van der Waals surface area contributed by atoms with Gasteiger partial charge in [0, 0.05) is 17.8 Å². The third kappa shape index (κ3) is 4.96. The van der Waals surface area contributed by atoms with Crippen LogP contribution in [0.15, 0.2) is 66.7 Å². The number of rotatable bonds is 6. The Morgan fingerprint density at radius 3 is 2.24 bits per heavy atom. The Morgan fingerprint density at radius 2 is 1.69 bits per heavy atom. The molecule has 7 nitrogen and oxygen atoms in total. The van der Waals surface area contributed by atoms with E-state index in [-0.39, 0.29) is 18.2 Å². The van der Waals surface area contributed by atoms with E-state index in [2.05, 4.69) is 11.4 Å². The average molecular weight is 387 g/mol. The van der Waals surface area contributed by atoms with Crippen LogP contribution in [0, 0.1) is 28.4 Å². The molecule has 0 bridgehead atoms. The minimum absolute atomic E-state index is 0.0286. The predicted octanol–water partition coefficient (Wildman–Crippen LogP) is 4.46. The van der Waals surface area contributed by atoms with Crippen LogP contribution in [0.3, 0.4) is 0 Å². The predicted molar refractivity (Wildman–Crippen MR) is 109 cm³/mol. The van der Waals surface area contributed by atoms with Crippen LogP contribution in [-0.2, 0) is 4.79 Å². The highest BCUT2D eigenvalue weighted by Crippen LogP contribution is 2.23. The monoisotopic (exact) mass is 387 g/mol. The van der Waals surface area contributed by atoms with Gasteiger partial charge in [0.1, 0.15) is 5.75 Å². The maximum absolute atomic E-state index is 12.1. The molecular weight excluding hydrogens is 370 g/mol. The van der Waals surface area contributed by atoms with Crippen molar-refractivity contribution in [1.29, 1.82) is 5.26 Å². The van der Waals surface area contributed by atoms with Crippen LogP contribution in [0.25, 0.3) is 11.1 Å². The SMILES string of the molecule is Cc1cc([N+](=O)[O-])ccc1NC(=O)COc1ccc(-c2ccc(C#N)cc2)cc1. The number of benzene rings is 3. The molecule has 3 aromatic carbocycles. The summed E-state index contributed by atoms with van der Waals surface area (Å²) in [7, 11) is 0. The second-order valence-electron chi connectivity index (χ2n) is 6.31. The summed E-state index contributed by atoms with van der Waals surface area (Å²) in [6.07, 6.45) is 0. The number of nitrogens with one attached hydrogen (secondary N) is 1. The zero-order chi connectivity index (χ0) is 20.8. The highest BCUT2D eigenvalue weighted by atomic mass is 16.6. The molecule has 29 heavy (non-hydrogen) atoms. The number of nitriles is 1. The van der Waals surface area contributed by atoms with Gasteiger partial charge in [-0.2, -0.15) is 5.26 Å². The number of hydrogen-bond donors (Lipinski definition) is 1. The molecule has 0 aliphatic heterocycles. The van der Waals surface area contributed by atoms with Crippen LogP contribution >= 0.6 is 0 Å². The maximum atomic E-state index is 12.1. The van der Waals surface area contributed by atoms with E-state index in [1.165, 1.54) is 18.2 Å². The Bertz CT molecular complexity index is 1080. The van der Waals surface area contributed by atoms with Crippen LogP contribution in [0.2, 0.25) is 0 Å². The van der Waals surface area contributed by atoms with Crippen LogP contribution in [0.1, 0.15) is 11.1 Å². The Labute approximate surface area is 167 Å². The van der Waals surface area contributed by atoms with Gasteiger partial charge in [-0.1, -0.05) is 24.3 Å². The Kier molecular flexibility index (Phi) is 5.85. The van der Waals surface area contributed by atoms with Crippen LogP contribution < -0.4 is 10.1 Å². The summed E-state index contributed by atoms with van der Waals surface area (Å²) in [5, 5.41) is 22.3. The number of non-ortho nitro benzene ring substituents is 1. The number of nitrogens with zero attached hydrogens (tertiary/aromatic N) is 2. The zero-order valence-corrected chi connectivity index (χ0v) is 15.6. The summed E-state index contributed by atoms with van der Waals surface area (Å²) in [4.78, 5) is 22.4. The summed E-state index contributed by atoms with van der Waals surface area (Å²) < 4.78 is 5.51. The molecule has 0 atom stereocenters. The first kappa shape index (κ1) is 19.6. The molecule has 0 aliphatic carbocycles. The van der Waals surface area contributed by atoms with E-state index in [4.69, 9.17) is 10.00 Å². The van der Waals surface area contributed by atoms with Gasteiger partial charge < -0.3 is 10.1 Å². The minimum atomic E-state index is -0.483. The summed E-state index contributed by atoms with van der Waals surface area (Å²) in [6, 6.07) is 20.8. The molecule has 1 N–H and O–H groups in total. The quantitative estimate of drug-likeness (QED) is 0.496. The van der Waals surface area contributed by atoms with E-state index < -0.39 is 4.92 Å². The fourth-order valence-corrected chi connectivity index (χ4v) is 2.72. The highest BCUT2D eigenvalue weighted by Gasteiger charge is 2.11. The highest BCUT2D eigenvalue weighted by molar-refractivity contribution is 5.92. The van der Waals surface area contributed by atoms with E-state index >= 15 is 0 Å². The van der Waals surface area contributed by atoms with Crippen LogP contribution in [-0.4, -0.2) is 17.4 Å². The number of nitro benzene ring substituents is 1. The molecule has 1 amide bonds. The topological polar surface area (TPSA) is 105 Å². The Hall–Kier alpha value is -4.18. The van der Waals surface area contributed by atoms with Gasteiger partial charge in [0.15, 0.2) is 6.61 Å². The molecule has 0 saturated carbocycles. The average Bonchev–Trinajstić information content (AvgIpc) is 2.74. The molecule has 0 unspecified atom stereocenters. The Morgan fingerprint density at radius 1 is 1.07 bits per heavy atom. The van der Waals surface area contributed by atoms with Crippen LogP contribution in [0.5, 0.6) is 5.75 Å². The minimum Gasteiger partial charge on any atom is -0.484 e. The third-order valence-electron chi connectivity index (χ3n) is 4.27. The maximum Gasteiger partial charge on any atom is 0.269 e. The second kappa shape index (κ2) is 8.67. The summed E-state index contributed by atoms with van der Waals surface area (Å²) in [5.41, 5.74) is 3.61. The lowest BCUT2D eigenvalue weighted by molar-refractivity contribution is -0.384.